The molecule has 2 saturated heterocycles. The monoisotopic (exact) mass is 237 g/mol. The van der Waals surface area contributed by atoms with E-state index in [0.717, 1.165) is 38.6 Å². The first-order valence-electron chi connectivity index (χ1n) is 6.91. The van der Waals surface area contributed by atoms with Gasteiger partial charge in [0.15, 0.2) is 0 Å². The first-order valence-corrected chi connectivity index (χ1v) is 6.91. The SMILES string of the molecule is N#CC1(CCCCC2CCOCC2)CCOC1. The molecule has 1 unspecified atom stereocenters. The summed E-state index contributed by atoms with van der Waals surface area (Å²) >= 11 is 0. The van der Waals surface area contributed by atoms with Crippen LogP contribution in [0.15, 0.2) is 0 Å². The maximum Gasteiger partial charge on any atom is 0.0828 e. The van der Waals surface area contributed by atoms with Crippen LogP contribution in [0.2, 0.25) is 0 Å². The Morgan fingerprint density at radius 3 is 2.59 bits per heavy atom. The maximum atomic E-state index is 9.22. The number of nitriles is 1. The smallest absolute Gasteiger partial charge is 0.0828 e. The Hall–Kier alpha value is -0.590. The van der Waals surface area contributed by atoms with Crippen molar-refractivity contribution in [3.05, 3.63) is 0 Å². The van der Waals surface area contributed by atoms with E-state index >= 15 is 0 Å². The lowest BCUT2D eigenvalue weighted by atomic mass is 9.82. The fraction of sp³-hybridized carbons (Fsp3) is 0.929. The molecule has 17 heavy (non-hydrogen) atoms. The van der Waals surface area contributed by atoms with Crippen molar-refractivity contribution in [1.29, 1.82) is 5.26 Å². The second-order valence-electron chi connectivity index (χ2n) is 5.50. The number of nitrogens with zero attached hydrogens (tertiary/aromatic N) is 1. The fourth-order valence-electron chi connectivity index (χ4n) is 2.88. The van der Waals surface area contributed by atoms with Crippen LogP contribution in [0.3, 0.4) is 0 Å². The molecular weight excluding hydrogens is 214 g/mol. The minimum absolute atomic E-state index is 0.157. The van der Waals surface area contributed by atoms with Gasteiger partial charge < -0.3 is 9.47 Å². The third kappa shape index (κ3) is 3.69. The molecule has 0 aliphatic carbocycles. The van der Waals surface area contributed by atoms with Crippen LogP contribution in [0.1, 0.15) is 44.9 Å². The average molecular weight is 237 g/mol. The third-order valence-corrected chi connectivity index (χ3v) is 4.20. The van der Waals surface area contributed by atoms with Gasteiger partial charge in [-0.2, -0.15) is 5.26 Å². The highest BCUT2D eigenvalue weighted by molar-refractivity contribution is 5.01. The second-order valence-corrected chi connectivity index (χ2v) is 5.50. The Morgan fingerprint density at radius 2 is 1.94 bits per heavy atom. The van der Waals surface area contributed by atoms with Crippen molar-refractivity contribution in [2.75, 3.05) is 26.4 Å². The molecule has 2 aliphatic heterocycles. The first-order chi connectivity index (χ1) is 8.35. The zero-order valence-corrected chi connectivity index (χ0v) is 10.6. The molecule has 1 atom stereocenters. The lowest BCUT2D eigenvalue weighted by Crippen LogP contribution is -2.19. The van der Waals surface area contributed by atoms with Gasteiger partial charge in [0, 0.05) is 19.8 Å². The van der Waals surface area contributed by atoms with Crippen molar-refractivity contribution in [3.8, 4) is 6.07 Å². The number of ether oxygens (including phenoxy) is 2. The van der Waals surface area contributed by atoms with E-state index in [2.05, 4.69) is 6.07 Å². The summed E-state index contributed by atoms with van der Waals surface area (Å²) in [5, 5.41) is 9.22. The van der Waals surface area contributed by atoms with Crippen LogP contribution in [-0.2, 0) is 9.47 Å². The molecule has 0 N–H and O–H groups in total. The van der Waals surface area contributed by atoms with Gasteiger partial charge in [-0.3, -0.25) is 0 Å². The van der Waals surface area contributed by atoms with E-state index in [1.807, 2.05) is 0 Å². The Kier molecular flexibility index (Phi) is 4.82. The van der Waals surface area contributed by atoms with Gasteiger partial charge in [0.2, 0.25) is 0 Å². The number of hydrogen-bond acceptors (Lipinski definition) is 3. The van der Waals surface area contributed by atoms with Crippen LogP contribution >= 0.6 is 0 Å². The van der Waals surface area contributed by atoms with Gasteiger partial charge in [-0.15, -0.1) is 0 Å². The summed E-state index contributed by atoms with van der Waals surface area (Å²) in [5.41, 5.74) is -0.157. The minimum Gasteiger partial charge on any atom is -0.381 e. The molecule has 0 aromatic carbocycles. The standard InChI is InChI=1S/C14H23NO2/c15-11-14(7-10-17-12-14)6-2-1-3-13-4-8-16-9-5-13/h13H,1-10,12H2. The number of hydrogen-bond donors (Lipinski definition) is 0. The molecule has 0 bridgehead atoms. The molecule has 0 aromatic rings. The van der Waals surface area contributed by atoms with Crippen molar-refractivity contribution >= 4 is 0 Å². The first kappa shape index (κ1) is 12.9. The highest BCUT2D eigenvalue weighted by Crippen LogP contribution is 2.34. The quantitative estimate of drug-likeness (QED) is 0.690. The summed E-state index contributed by atoms with van der Waals surface area (Å²) in [7, 11) is 0. The molecule has 0 radical (unpaired) electrons. The molecule has 2 rings (SSSR count). The topological polar surface area (TPSA) is 42.2 Å². The van der Waals surface area contributed by atoms with Crippen molar-refractivity contribution in [1.82, 2.24) is 0 Å². The largest absolute Gasteiger partial charge is 0.381 e. The molecule has 0 spiro atoms. The Balaban J connectivity index is 1.60. The summed E-state index contributed by atoms with van der Waals surface area (Å²) in [6.07, 6.45) is 8.15. The summed E-state index contributed by atoms with van der Waals surface area (Å²) in [6.45, 7) is 3.32. The molecule has 96 valence electrons. The Bertz CT molecular complexity index is 260. The Labute approximate surface area is 104 Å². The third-order valence-electron chi connectivity index (χ3n) is 4.20. The lowest BCUT2D eigenvalue weighted by molar-refractivity contribution is 0.0628. The van der Waals surface area contributed by atoms with Gasteiger partial charge in [0.25, 0.3) is 0 Å². The van der Waals surface area contributed by atoms with Gasteiger partial charge in [-0.05, 0) is 31.6 Å². The maximum absolute atomic E-state index is 9.22. The molecule has 0 aromatic heterocycles. The van der Waals surface area contributed by atoms with Crippen LogP contribution in [0.4, 0.5) is 0 Å². The van der Waals surface area contributed by atoms with Gasteiger partial charge in [0.05, 0.1) is 18.1 Å². The second kappa shape index (κ2) is 6.37. The van der Waals surface area contributed by atoms with E-state index in [-0.39, 0.29) is 5.41 Å². The summed E-state index contributed by atoms with van der Waals surface area (Å²) in [4.78, 5) is 0. The van der Waals surface area contributed by atoms with E-state index < -0.39 is 0 Å². The van der Waals surface area contributed by atoms with E-state index in [4.69, 9.17) is 9.47 Å². The zero-order valence-electron chi connectivity index (χ0n) is 10.6. The predicted molar refractivity (Wildman–Crippen MR) is 65.5 cm³/mol. The summed E-state index contributed by atoms with van der Waals surface area (Å²) < 4.78 is 10.7. The van der Waals surface area contributed by atoms with E-state index in [1.54, 1.807) is 0 Å². The molecule has 2 aliphatic rings. The predicted octanol–water partition coefficient (Wildman–Crippen LogP) is 2.90. The van der Waals surface area contributed by atoms with Crippen LogP contribution in [-0.4, -0.2) is 26.4 Å². The molecule has 3 heteroatoms. The normalized spacial score (nSPS) is 30.3. The van der Waals surface area contributed by atoms with Crippen LogP contribution in [0.5, 0.6) is 0 Å². The van der Waals surface area contributed by atoms with E-state index in [1.165, 1.54) is 32.1 Å². The summed E-state index contributed by atoms with van der Waals surface area (Å²) in [5.74, 6) is 0.863. The van der Waals surface area contributed by atoms with Crippen LogP contribution in [0, 0.1) is 22.7 Å². The van der Waals surface area contributed by atoms with Gasteiger partial charge in [0.1, 0.15) is 0 Å². The minimum atomic E-state index is -0.157. The van der Waals surface area contributed by atoms with Crippen LogP contribution < -0.4 is 0 Å². The lowest BCUT2D eigenvalue weighted by Gasteiger charge is -2.23. The van der Waals surface area contributed by atoms with Gasteiger partial charge in [-0.25, -0.2) is 0 Å². The fourth-order valence-corrected chi connectivity index (χ4v) is 2.88. The zero-order chi connectivity index (χ0) is 12.0. The van der Waals surface area contributed by atoms with Crippen molar-refractivity contribution in [3.63, 3.8) is 0 Å². The molecule has 2 fully saturated rings. The van der Waals surface area contributed by atoms with E-state index in [0.29, 0.717) is 6.61 Å². The average Bonchev–Trinajstić information content (AvgIpc) is 2.85. The van der Waals surface area contributed by atoms with Crippen molar-refractivity contribution in [2.45, 2.75) is 44.9 Å². The van der Waals surface area contributed by atoms with E-state index in [9.17, 15) is 5.26 Å². The Morgan fingerprint density at radius 1 is 1.12 bits per heavy atom. The number of rotatable bonds is 5. The molecular formula is C14H23NO2. The molecule has 3 nitrogen and oxygen atoms in total. The van der Waals surface area contributed by atoms with Gasteiger partial charge in [-0.1, -0.05) is 19.3 Å². The molecule has 2 heterocycles. The van der Waals surface area contributed by atoms with Gasteiger partial charge >= 0.3 is 0 Å². The number of unbranched alkanes of at least 4 members (excludes halogenated alkanes) is 1. The van der Waals surface area contributed by atoms with Crippen LogP contribution in [0.25, 0.3) is 0 Å². The molecule has 0 saturated carbocycles. The van der Waals surface area contributed by atoms with Crippen molar-refractivity contribution < 1.29 is 9.47 Å². The molecule has 0 amide bonds. The van der Waals surface area contributed by atoms with Crippen molar-refractivity contribution in [2.24, 2.45) is 11.3 Å². The highest BCUT2D eigenvalue weighted by Gasteiger charge is 2.34. The highest BCUT2D eigenvalue weighted by atomic mass is 16.5. The summed E-state index contributed by atoms with van der Waals surface area (Å²) in [6, 6.07) is 2.47.